The van der Waals surface area contributed by atoms with Gasteiger partial charge in [0.15, 0.2) is 0 Å². The van der Waals surface area contributed by atoms with Crippen LogP contribution in [-0.4, -0.2) is 97.3 Å². The molecule has 2 aromatic rings. The topological polar surface area (TPSA) is 6.48 Å². The molecule has 0 N–H and O–H groups in total. The van der Waals surface area contributed by atoms with Crippen LogP contribution in [-0.2, 0) is 13.1 Å². The van der Waals surface area contributed by atoms with E-state index < -0.39 is 0 Å². The van der Waals surface area contributed by atoms with Crippen LogP contribution < -0.4 is 0 Å². The Morgan fingerprint density at radius 3 is 1.07 bits per heavy atom. The molecule has 0 radical (unpaired) electrons. The molecule has 0 saturated carbocycles. The highest BCUT2D eigenvalue weighted by atomic mass is 15.5. The van der Waals surface area contributed by atoms with Gasteiger partial charge in [0.25, 0.3) is 0 Å². The van der Waals surface area contributed by atoms with Crippen molar-refractivity contribution in [3.8, 4) is 11.1 Å². The molecule has 6 fully saturated rings. The minimum atomic E-state index is 1.21. The summed E-state index contributed by atoms with van der Waals surface area (Å²) in [4.78, 5) is 5.25. The zero-order valence-electron chi connectivity index (χ0n) is 18.3. The molecule has 0 unspecified atom stereocenters. The largest absolute Gasteiger partial charge is 0.317 e. The van der Waals surface area contributed by atoms with E-state index in [2.05, 4.69) is 58.3 Å². The number of hydrogen-bond donors (Lipinski definition) is 0. The Hall–Kier alpha value is -1.72. The molecular formula is C26H36N4+2. The third-order valence-corrected chi connectivity index (χ3v) is 8.62. The van der Waals surface area contributed by atoms with E-state index in [1.165, 1.54) is 123 Å². The van der Waals surface area contributed by atoms with Gasteiger partial charge in [0, 0.05) is 50.4 Å². The maximum absolute atomic E-state index is 2.63. The Kier molecular flexibility index (Phi) is 4.72. The van der Waals surface area contributed by atoms with E-state index in [4.69, 9.17) is 0 Å². The Labute approximate surface area is 181 Å². The fourth-order valence-electron chi connectivity index (χ4n) is 6.32. The molecule has 6 aliphatic heterocycles. The number of rotatable bonds is 5. The lowest BCUT2D eigenvalue weighted by molar-refractivity contribution is -0.953. The van der Waals surface area contributed by atoms with Crippen molar-refractivity contribution in [1.82, 2.24) is 9.80 Å². The molecule has 0 aromatic heterocycles. The fraction of sp³-hybridized carbons (Fsp3) is 0.538. The van der Waals surface area contributed by atoms with E-state index in [1.807, 2.05) is 0 Å². The van der Waals surface area contributed by atoms with Gasteiger partial charge < -0.3 is 8.97 Å². The van der Waals surface area contributed by atoms with E-state index in [0.717, 1.165) is 0 Å². The summed E-state index contributed by atoms with van der Waals surface area (Å²) in [6, 6.07) is 18.9. The summed E-state index contributed by atoms with van der Waals surface area (Å²) in [5.41, 5.74) is 5.72. The van der Waals surface area contributed by atoms with Crippen LogP contribution in [0.5, 0.6) is 0 Å². The summed E-state index contributed by atoms with van der Waals surface area (Å²) in [6.07, 6.45) is 0. The number of fused-ring (bicyclic) bond motifs is 6. The van der Waals surface area contributed by atoms with Crippen LogP contribution in [0.1, 0.15) is 11.1 Å². The van der Waals surface area contributed by atoms with Crippen LogP contribution in [0.25, 0.3) is 11.1 Å². The first-order valence-corrected chi connectivity index (χ1v) is 12.0. The molecule has 0 atom stereocenters. The van der Waals surface area contributed by atoms with E-state index in [-0.39, 0.29) is 0 Å². The summed E-state index contributed by atoms with van der Waals surface area (Å²) in [6.45, 7) is 18.2. The third-order valence-electron chi connectivity index (χ3n) is 8.62. The molecule has 0 aliphatic carbocycles. The Morgan fingerprint density at radius 2 is 0.767 bits per heavy atom. The van der Waals surface area contributed by atoms with Gasteiger partial charge in [-0.15, -0.1) is 0 Å². The van der Waals surface area contributed by atoms with Gasteiger partial charge in [0.05, 0.1) is 39.3 Å². The molecule has 30 heavy (non-hydrogen) atoms. The quantitative estimate of drug-likeness (QED) is 0.707. The zero-order chi connectivity index (χ0) is 20.0. The summed E-state index contributed by atoms with van der Waals surface area (Å²) >= 11 is 0. The second-order valence-electron chi connectivity index (χ2n) is 10.4. The highest BCUT2D eigenvalue weighted by Crippen LogP contribution is 2.27. The number of piperazine rings is 6. The molecule has 0 amide bonds. The van der Waals surface area contributed by atoms with E-state index in [0.29, 0.717) is 0 Å². The van der Waals surface area contributed by atoms with Crippen LogP contribution >= 0.6 is 0 Å². The van der Waals surface area contributed by atoms with Gasteiger partial charge in [-0.2, -0.15) is 0 Å². The monoisotopic (exact) mass is 404 g/mol. The summed E-state index contributed by atoms with van der Waals surface area (Å²) < 4.78 is 2.62. The lowest BCUT2D eigenvalue weighted by Gasteiger charge is -2.50. The minimum Gasteiger partial charge on any atom is -0.317 e. The van der Waals surface area contributed by atoms with Crippen molar-refractivity contribution < 1.29 is 8.97 Å². The maximum Gasteiger partial charge on any atom is 0.104 e. The van der Waals surface area contributed by atoms with Crippen molar-refractivity contribution in [3.63, 3.8) is 0 Å². The number of nitrogens with zero attached hydrogens (tertiary/aromatic N) is 4. The lowest BCUT2D eigenvalue weighted by Crippen LogP contribution is -2.66. The molecule has 4 bridgehead atoms. The highest BCUT2D eigenvalue weighted by molar-refractivity contribution is 5.63. The molecule has 8 rings (SSSR count). The normalized spacial score (nSPS) is 34.9. The Morgan fingerprint density at radius 1 is 0.467 bits per heavy atom. The van der Waals surface area contributed by atoms with Crippen molar-refractivity contribution in [2.24, 2.45) is 0 Å². The lowest BCUT2D eigenvalue weighted by atomic mass is 10.0. The average molecular weight is 405 g/mol. The van der Waals surface area contributed by atoms with Gasteiger partial charge in [-0.3, -0.25) is 9.80 Å². The van der Waals surface area contributed by atoms with Crippen LogP contribution in [0.4, 0.5) is 0 Å². The second-order valence-corrected chi connectivity index (χ2v) is 10.4. The Balaban J connectivity index is 1.12. The highest BCUT2D eigenvalue weighted by Gasteiger charge is 2.39. The first kappa shape index (κ1) is 19.0. The van der Waals surface area contributed by atoms with Crippen molar-refractivity contribution >= 4 is 0 Å². The molecule has 4 heteroatoms. The first-order chi connectivity index (χ1) is 14.7. The zero-order valence-corrected chi connectivity index (χ0v) is 18.3. The van der Waals surface area contributed by atoms with Crippen LogP contribution in [0.3, 0.4) is 0 Å². The maximum atomic E-state index is 2.63. The van der Waals surface area contributed by atoms with Crippen LogP contribution in [0.2, 0.25) is 0 Å². The predicted molar refractivity (Wildman–Crippen MR) is 122 cm³/mol. The summed E-state index contributed by atoms with van der Waals surface area (Å²) in [5, 5.41) is 0. The van der Waals surface area contributed by atoms with Gasteiger partial charge in [-0.25, -0.2) is 0 Å². The van der Waals surface area contributed by atoms with Crippen molar-refractivity contribution in [2.75, 3.05) is 78.5 Å². The van der Waals surface area contributed by atoms with Crippen LogP contribution in [0.15, 0.2) is 48.5 Å². The third kappa shape index (κ3) is 3.60. The molecule has 6 saturated heterocycles. The molecular weight excluding hydrogens is 368 g/mol. The minimum absolute atomic E-state index is 1.21. The number of benzene rings is 2. The van der Waals surface area contributed by atoms with Crippen molar-refractivity contribution in [1.29, 1.82) is 0 Å². The predicted octanol–water partition coefficient (Wildman–Crippen LogP) is 2.65. The van der Waals surface area contributed by atoms with E-state index in [9.17, 15) is 0 Å². The fourth-order valence-corrected chi connectivity index (χ4v) is 6.32. The summed E-state index contributed by atoms with van der Waals surface area (Å²) in [5.74, 6) is 0. The van der Waals surface area contributed by atoms with Crippen LogP contribution in [0, 0.1) is 0 Å². The van der Waals surface area contributed by atoms with Crippen molar-refractivity contribution in [2.45, 2.75) is 13.1 Å². The number of hydrogen-bond acceptors (Lipinski definition) is 2. The molecule has 6 heterocycles. The molecule has 6 aliphatic rings. The summed E-state index contributed by atoms with van der Waals surface area (Å²) in [7, 11) is 0. The van der Waals surface area contributed by atoms with Gasteiger partial charge in [0.1, 0.15) is 13.1 Å². The second kappa shape index (κ2) is 7.45. The molecule has 158 valence electrons. The standard InChI is InChI=1S/C26H36N4/c1-5-25(6-2-23(1)21-29-15-9-27(10-16-29)11-17-29)26-7-3-24(4-8-26)22-30-18-12-28(13-19-30)14-20-30/h1-8H,9-22H2/q+2. The van der Waals surface area contributed by atoms with Gasteiger partial charge in [-0.05, 0) is 11.1 Å². The van der Waals surface area contributed by atoms with Gasteiger partial charge in [-0.1, -0.05) is 48.5 Å². The Bertz CT molecular complexity index is 769. The van der Waals surface area contributed by atoms with E-state index >= 15 is 0 Å². The van der Waals surface area contributed by atoms with Gasteiger partial charge >= 0.3 is 0 Å². The van der Waals surface area contributed by atoms with Gasteiger partial charge in [0.2, 0.25) is 0 Å². The number of quaternary nitrogens is 2. The smallest absolute Gasteiger partial charge is 0.104 e. The van der Waals surface area contributed by atoms with E-state index in [1.54, 1.807) is 0 Å². The molecule has 2 aromatic carbocycles. The SMILES string of the molecule is c1cc(-c2ccc(C[N+]34CCN(CC3)CC4)cc2)ccc1C[N+]12CCN(CC1)CC2. The first-order valence-electron chi connectivity index (χ1n) is 12.0. The van der Waals surface area contributed by atoms with Crippen molar-refractivity contribution in [3.05, 3.63) is 59.7 Å². The average Bonchev–Trinajstić information content (AvgIpc) is 2.82. The molecule has 0 spiro atoms. The molecule has 4 nitrogen and oxygen atoms in total.